The Morgan fingerprint density at radius 2 is 1.83 bits per heavy atom. The van der Waals surface area contributed by atoms with Gasteiger partial charge >= 0.3 is 0 Å². The van der Waals surface area contributed by atoms with E-state index in [9.17, 15) is 5.26 Å². The summed E-state index contributed by atoms with van der Waals surface area (Å²) < 4.78 is 9.66. The van der Waals surface area contributed by atoms with Crippen molar-refractivity contribution in [1.29, 1.82) is 5.26 Å². The summed E-state index contributed by atoms with van der Waals surface area (Å²) in [7, 11) is 1.89. The molecule has 0 bridgehead atoms. The van der Waals surface area contributed by atoms with Crippen LogP contribution >= 0.6 is 0 Å². The molecule has 9 nitrogen and oxygen atoms in total. The molecule has 0 aliphatic carbocycles. The number of pyridine rings is 3. The first-order chi connectivity index (χ1) is 17.7. The summed E-state index contributed by atoms with van der Waals surface area (Å²) in [5, 5.41) is 13.9. The lowest BCUT2D eigenvalue weighted by Crippen LogP contribution is -2.38. The Hall–Kier alpha value is -4.71. The first kappa shape index (κ1) is 21.8. The molecular weight excluding hydrogens is 452 g/mol. The fourth-order valence-corrected chi connectivity index (χ4v) is 4.66. The molecule has 0 radical (unpaired) electrons. The van der Waals surface area contributed by atoms with Crippen molar-refractivity contribution in [2.75, 3.05) is 18.0 Å². The summed E-state index contributed by atoms with van der Waals surface area (Å²) in [5.41, 5.74) is 4.95. The van der Waals surface area contributed by atoms with Crippen LogP contribution in [0.1, 0.15) is 18.5 Å². The zero-order valence-corrected chi connectivity index (χ0v) is 19.8. The molecule has 1 saturated heterocycles. The van der Waals surface area contributed by atoms with Gasteiger partial charge in [-0.2, -0.15) is 10.4 Å². The van der Waals surface area contributed by atoms with Crippen molar-refractivity contribution in [2.24, 2.45) is 7.05 Å². The normalized spacial score (nSPS) is 14.2. The Kier molecular flexibility index (Phi) is 5.54. The maximum Gasteiger partial charge on any atom is 0.213 e. The van der Waals surface area contributed by atoms with E-state index in [1.807, 2.05) is 60.4 Å². The summed E-state index contributed by atoms with van der Waals surface area (Å²) in [5.74, 6) is 1.61. The largest absolute Gasteiger partial charge is 0.474 e. The maximum atomic E-state index is 9.65. The maximum absolute atomic E-state index is 9.65. The van der Waals surface area contributed by atoms with Gasteiger partial charge in [0, 0.05) is 68.8 Å². The molecule has 0 aromatic carbocycles. The van der Waals surface area contributed by atoms with Gasteiger partial charge in [0.1, 0.15) is 29.3 Å². The van der Waals surface area contributed by atoms with Crippen molar-refractivity contribution in [3.8, 4) is 34.3 Å². The summed E-state index contributed by atoms with van der Waals surface area (Å²) in [6, 6.07) is 16.1. The Bertz CT molecular complexity index is 1540. The second-order valence-corrected chi connectivity index (χ2v) is 8.86. The van der Waals surface area contributed by atoms with Crippen molar-refractivity contribution >= 4 is 11.5 Å². The molecule has 6 heterocycles. The van der Waals surface area contributed by atoms with Crippen LogP contribution < -0.4 is 9.64 Å². The molecule has 1 aliphatic heterocycles. The molecule has 9 heteroatoms. The molecule has 5 aromatic heterocycles. The highest BCUT2D eigenvalue weighted by Crippen LogP contribution is 2.30. The molecule has 0 N–H and O–H groups in total. The van der Waals surface area contributed by atoms with E-state index in [-0.39, 0.29) is 6.10 Å². The Balaban J connectivity index is 1.25. The number of nitriles is 1. The predicted octanol–water partition coefficient (Wildman–Crippen LogP) is 4.11. The number of nitrogens with zero attached hydrogens (tertiary/aromatic N) is 8. The van der Waals surface area contributed by atoms with Gasteiger partial charge in [-0.3, -0.25) is 9.08 Å². The van der Waals surface area contributed by atoms with Crippen molar-refractivity contribution in [3.05, 3.63) is 79.1 Å². The van der Waals surface area contributed by atoms with Gasteiger partial charge < -0.3 is 9.64 Å². The Labute approximate surface area is 208 Å². The van der Waals surface area contributed by atoms with Crippen LogP contribution in [0, 0.1) is 11.3 Å². The standard InChI is InChI=1S/C27H24N8O/c1-33-18-21(16-32-33)20-12-24(35-22(14-28)17-31-26(35)13-20)19-5-6-25(30-15-19)34-10-7-23(8-11-34)36-27-4-2-3-9-29-27/h2-6,9,12-13,15-18,23H,7-8,10-11H2,1H3. The van der Waals surface area contributed by atoms with Gasteiger partial charge in [0.15, 0.2) is 0 Å². The van der Waals surface area contributed by atoms with Crippen LogP contribution in [0.25, 0.3) is 28.0 Å². The van der Waals surface area contributed by atoms with Crippen molar-refractivity contribution in [1.82, 2.24) is 29.1 Å². The second-order valence-electron chi connectivity index (χ2n) is 8.86. The Morgan fingerprint density at radius 3 is 2.53 bits per heavy atom. The summed E-state index contributed by atoms with van der Waals surface area (Å²) in [6.07, 6.45) is 11.0. The van der Waals surface area contributed by atoms with Crippen LogP contribution in [0.5, 0.6) is 5.88 Å². The van der Waals surface area contributed by atoms with Crippen LogP contribution in [0.2, 0.25) is 0 Å². The van der Waals surface area contributed by atoms with Gasteiger partial charge in [-0.1, -0.05) is 6.07 Å². The molecule has 1 aliphatic rings. The van der Waals surface area contributed by atoms with Gasteiger partial charge in [-0.05, 0) is 35.9 Å². The predicted molar refractivity (Wildman–Crippen MR) is 135 cm³/mol. The van der Waals surface area contributed by atoms with Crippen LogP contribution in [0.15, 0.2) is 73.4 Å². The van der Waals surface area contributed by atoms with E-state index >= 15 is 0 Å². The number of hydrogen-bond donors (Lipinski definition) is 0. The molecule has 6 rings (SSSR count). The summed E-state index contributed by atoms with van der Waals surface area (Å²) in [6.45, 7) is 1.73. The van der Waals surface area contributed by atoms with Crippen LogP contribution in [0.3, 0.4) is 0 Å². The SMILES string of the molecule is Cn1cc(-c2cc(-c3ccc(N4CCC(Oc5ccccn5)CC4)nc3)n3c(C#N)cnc3c2)cn1. The number of aromatic nitrogens is 6. The third-order valence-electron chi connectivity index (χ3n) is 6.49. The second kappa shape index (κ2) is 9.15. The molecule has 0 spiro atoms. The quantitative estimate of drug-likeness (QED) is 0.377. The number of fused-ring (bicyclic) bond motifs is 1. The van der Waals surface area contributed by atoms with Gasteiger partial charge in [-0.25, -0.2) is 15.0 Å². The van der Waals surface area contributed by atoms with E-state index in [4.69, 9.17) is 9.72 Å². The smallest absolute Gasteiger partial charge is 0.213 e. The number of hydrogen-bond acceptors (Lipinski definition) is 7. The number of aryl methyl sites for hydroxylation is 1. The summed E-state index contributed by atoms with van der Waals surface area (Å²) in [4.78, 5) is 15.8. The number of anilines is 1. The third kappa shape index (κ3) is 4.14. The number of rotatable bonds is 5. The van der Waals surface area contributed by atoms with Gasteiger partial charge in [-0.15, -0.1) is 0 Å². The topological polar surface area (TPSA) is 97.2 Å². The molecule has 0 unspecified atom stereocenters. The lowest BCUT2D eigenvalue weighted by atomic mass is 10.1. The molecule has 0 amide bonds. The average molecular weight is 477 g/mol. The van der Waals surface area contributed by atoms with E-state index in [1.165, 1.54) is 0 Å². The van der Waals surface area contributed by atoms with Crippen molar-refractivity contribution in [2.45, 2.75) is 18.9 Å². The van der Waals surface area contributed by atoms with Gasteiger partial charge in [0.25, 0.3) is 0 Å². The zero-order chi connectivity index (χ0) is 24.5. The van der Waals surface area contributed by atoms with E-state index in [1.54, 1.807) is 17.1 Å². The highest BCUT2D eigenvalue weighted by Gasteiger charge is 2.22. The minimum absolute atomic E-state index is 0.157. The lowest BCUT2D eigenvalue weighted by molar-refractivity contribution is 0.164. The monoisotopic (exact) mass is 476 g/mol. The minimum Gasteiger partial charge on any atom is -0.474 e. The average Bonchev–Trinajstić information content (AvgIpc) is 3.55. The number of imidazole rings is 1. The summed E-state index contributed by atoms with van der Waals surface area (Å²) >= 11 is 0. The minimum atomic E-state index is 0.157. The fraction of sp³-hybridized carbons (Fsp3) is 0.222. The van der Waals surface area contributed by atoms with E-state index in [0.29, 0.717) is 17.2 Å². The molecule has 5 aromatic rings. The van der Waals surface area contributed by atoms with Crippen LogP contribution in [0.4, 0.5) is 5.82 Å². The highest BCUT2D eigenvalue weighted by molar-refractivity contribution is 5.75. The van der Waals surface area contributed by atoms with Gasteiger partial charge in [0.2, 0.25) is 5.88 Å². The first-order valence-electron chi connectivity index (χ1n) is 11.9. The van der Waals surface area contributed by atoms with Crippen molar-refractivity contribution < 1.29 is 4.74 Å². The number of ether oxygens (including phenoxy) is 1. The Morgan fingerprint density at radius 1 is 0.944 bits per heavy atom. The van der Waals surface area contributed by atoms with Crippen molar-refractivity contribution in [3.63, 3.8) is 0 Å². The molecule has 0 atom stereocenters. The fourth-order valence-electron chi connectivity index (χ4n) is 4.66. The molecule has 0 saturated carbocycles. The van der Waals surface area contributed by atoms with Crippen LogP contribution in [-0.2, 0) is 7.05 Å². The highest BCUT2D eigenvalue weighted by atomic mass is 16.5. The van der Waals surface area contributed by atoms with E-state index in [2.05, 4.69) is 38.2 Å². The van der Waals surface area contributed by atoms with Gasteiger partial charge in [0.05, 0.1) is 18.1 Å². The molecular formula is C27H24N8O. The first-order valence-corrected chi connectivity index (χ1v) is 11.9. The number of piperidine rings is 1. The van der Waals surface area contributed by atoms with E-state index < -0.39 is 0 Å². The lowest BCUT2D eigenvalue weighted by Gasteiger charge is -2.32. The molecule has 36 heavy (non-hydrogen) atoms. The molecule has 178 valence electrons. The van der Waals surface area contributed by atoms with Crippen LogP contribution in [-0.4, -0.2) is 48.3 Å². The molecule has 1 fully saturated rings. The van der Waals surface area contributed by atoms with E-state index in [0.717, 1.165) is 54.1 Å². The zero-order valence-electron chi connectivity index (χ0n) is 19.8. The third-order valence-corrected chi connectivity index (χ3v) is 6.49.